The van der Waals surface area contributed by atoms with Crippen LogP contribution in [-0.4, -0.2) is 17.2 Å². The molecule has 1 aliphatic rings. The lowest BCUT2D eigenvalue weighted by atomic mass is 10.0. The Kier molecular flexibility index (Phi) is 1.47. The van der Waals surface area contributed by atoms with Gasteiger partial charge in [-0.3, -0.25) is 4.79 Å². The molecule has 0 saturated carbocycles. The number of carbonyl (C=O) groups excluding carboxylic acids is 1. The molecule has 0 aromatic heterocycles. The largest absolute Gasteiger partial charge is 0.351 e. The number of hydrogen-bond donors (Lipinski definition) is 2. The van der Waals surface area contributed by atoms with E-state index in [9.17, 15) is 4.79 Å². The monoisotopic (exact) mass is 131 g/mol. The Hall–Kier alpha value is -0.180. The van der Waals surface area contributed by atoms with E-state index in [4.69, 9.17) is 0 Å². The van der Waals surface area contributed by atoms with Crippen LogP contribution in [0.3, 0.4) is 0 Å². The van der Waals surface area contributed by atoms with Crippen LogP contribution in [0.1, 0.15) is 13.3 Å². The van der Waals surface area contributed by atoms with Crippen LogP contribution in [0.15, 0.2) is 0 Å². The molecular weight excluding hydrogens is 122 g/mol. The van der Waals surface area contributed by atoms with Crippen LogP contribution in [0.5, 0.6) is 0 Å². The van der Waals surface area contributed by atoms with E-state index in [0.717, 1.165) is 6.42 Å². The van der Waals surface area contributed by atoms with Gasteiger partial charge in [0, 0.05) is 6.04 Å². The van der Waals surface area contributed by atoms with Crippen molar-refractivity contribution < 1.29 is 4.79 Å². The number of β-lactam (4-membered cyclic amide) rings is 1. The lowest BCUT2D eigenvalue weighted by molar-refractivity contribution is -0.127. The van der Waals surface area contributed by atoms with Crippen molar-refractivity contribution in [1.82, 2.24) is 5.32 Å². The fourth-order valence-electron chi connectivity index (χ4n) is 0.759. The molecule has 8 heavy (non-hydrogen) atoms. The van der Waals surface area contributed by atoms with E-state index in [2.05, 4.69) is 17.9 Å². The minimum atomic E-state index is -0.0417. The molecule has 0 spiro atoms. The van der Waals surface area contributed by atoms with Gasteiger partial charge in [-0.25, -0.2) is 0 Å². The van der Waals surface area contributed by atoms with Crippen molar-refractivity contribution in [2.24, 2.45) is 0 Å². The Morgan fingerprint density at radius 2 is 2.50 bits per heavy atom. The Labute approximate surface area is 54.1 Å². The van der Waals surface area contributed by atoms with E-state index >= 15 is 0 Å². The number of carbonyl (C=O) groups is 1. The second-order valence-electron chi connectivity index (χ2n) is 1.97. The quantitative estimate of drug-likeness (QED) is 0.386. The zero-order chi connectivity index (χ0) is 6.15. The van der Waals surface area contributed by atoms with E-state index in [-0.39, 0.29) is 11.2 Å². The van der Waals surface area contributed by atoms with Crippen molar-refractivity contribution in [2.45, 2.75) is 24.6 Å². The van der Waals surface area contributed by atoms with Crippen molar-refractivity contribution in [1.29, 1.82) is 0 Å². The fraction of sp³-hybridized carbons (Fsp3) is 0.800. The molecule has 1 rings (SSSR count). The first-order valence-electron chi connectivity index (χ1n) is 2.74. The number of amides is 1. The zero-order valence-electron chi connectivity index (χ0n) is 4.72. The normalized spacial score (nSPS) is 36.0. The predicted molar refractivity (Wildman–Crippen MR) is 35.0 cm³/mol. The maximum absolute atomic E-state index is 10.4. The molecule has 2 atom stereocenters. The molecule has 0 aliphatic carbocycles. The molecule has 1 heterocycles. The molecule has 46 valence electrons. The molecule has 0 aromatic carbocycles. The highest BCUT2D eigenvalue weighted by Gasteiger charge is 2.34. The highest BCUT2D eigenvalue weighted by atomic mass is 32.1. The van der Waals surface area contributed by atoms with E-state index in [1.54, 1.807) is 0 Å². The minimum absolute atomic E-state index is 0.0417. The summed E-state index contributed by atoms with van der Waals surface area (Å²) in [5.74, 6) is 0.0696. The maximum Gasteiger partial charge on any atom is 0.235 e. The molecule has 1 saturated heterocycles. The van der Waals surface area contributed by atoms with Crippen molar-refractivity contribution in [3.63, 3.8) is 0 Å². The van der Waals surface area contributed by atoms with Gasteiger partial charge in [0.25, 0.3) is 0 Å². The predicted octanol–water partition coefficient (Wildman–Crippen LogP) is 0.193. The molecule has 2 unspecified atom stereocenters. The lowest BCUT2D eigenvalue weighted by Crippen LogP contribution is -2.59. The Morgan fingerprint density at radius 3 is 2.62 bits per heavy atom. The first kappa shape index (κ1) is 5.95. The summed E-state index contributed by atoms with van der Waals surface area (Å²) in [6.45, 7) is 2.04. The van der Waals surface area contributed by atoms with E-state index < -0.39 is 0 Å². The van der Waals surface area contributed by atoms with Crippen molar-refractivity contribution in [3.8, 4) is 0 Å². The highest BCUT2D eigenvalue weighted by molar-refractivity contribution is 7.82. The SMILES string of the molecule is CCC1NC(=O)C1S. The number of thiol groups is 1. The second kappa shape index (κ2) is 1.97. The minimum Gasteiger partial charge on any atom is -0.351 e. The third kappa shape index (κ3) is 0.708. The Bertz CT molecular complexity index is 115. The average Bonchev–Trinajstić information content (AvgIpc) is 1.81. The second-order valence-corrected chi connectivity index (χ2v) is 2.52. The van der Waals surface area contributed by atoms with Crippen molar-refractivity contribution in [3.05, 3.63) is 0 Å². The number of rotatable bonds is 1. The molecule has 0 aromatic rings. The first-order valence-corrected chi connectivity index (χ1v) is 3.25. The Morgan fingerprint density at radius 1 is 1.88 bits per heavy atom. The van der Waals surface area contributed by atoms with Crippen LogP contribution < -0.4 is 5.32 Å². The van der Waals surface area contributed by atoms with Crippen molar-refractivity contribution in [2.75, 3.05) is 0 Å². The summed E-state index contributed by atoms with van der Waals surface area (Å²) in [4.78, 5) is 10.4. The molecule has 2 nitrogen and oxygen atoms in total. The Balaban J connectivity index is 2.35. The van der Waals surface area contributed by atoms with Gasteiger partial charge in [-0.1, -0.05) is 6.92 Å². The van der Waals surface area contributed by atoms with Gasteiger partial charge in [0.2, 0.25) is 5.91 Å². The van der Waals surface area contributed by atoms with Gasteiger partial charge in [0.15, 0.2) is 0 Å². The summed E-state index contributed by atoms with van der Waals surface area (Å²) in [7, 11) is 0. The van der Waals surface area contributed by atoms with Crippen LogP contribution in [0.2, 0.25) is 0 Å². The van der Waals surface area contributed by atoms with Crippen LogP contribution in [0, 0.1) is 0 Å². The number of hydrogen-bond acceptors (Lipinski definition) is 2. The van der Waals surface area contributed by atoms with Gasteiger partial charge in [-0.2, -0.15) is 12.6 Å². The first-order chi connectivity index (χ1) is 3.75. The van der Waals surface area contributed by atoms with Gasteiger partial charge < -0.3 is 5.32 Å². The maximum atomic E-state index is 10.4. The van der Waals surface area contributed by atoms with E-state index in [1.165, 1.54) is 0 Å². The van der Waals surface area contributed by atoms with E-state index in [0.29, 0.717) is 6.04 Å². The highest BCUT2D eigenvalue weighted by Crippen LogP contribution is 2.14. The summed E-state index contributed by atoms with van der Waals surface area (Å²) in [5, 5.41) is 2.69. The van der Waals surface area contributed by atoms with Gasteiger partial charge in [-0.05, 0) is 6.42 Å². The molecule has 1 aliphatic heterocycles. The van der Waals surface area contributed by atoms with Crippen LogP contribution >= 0.6 is 12.6 Å². The lowest BCUT2D eigenvalue weighted by Gasteiger charge is -2.32. The molecule has 0 radical (unpaired) electrons. The summed E-state index contributed by atoms with van der Waals surface area (Å²) in [6, 6.07) is 0.325. The zero-order valence-corrected chi connectivity index (χ0v) is 5.61. The molecule has 1 N–H and O–H groups in total. The van der Waals surface area contributed by atoms with Crippen LogP contribution in [0.25, 0.3) is 0 Å². The fourth-order valence-corrected chi connectivity index (χ4v) is 1.12. The standard InChI is InChI=1S/C5H9NOS/c1-2-3-4(8)5(7)6-3/h3-4,8H,2H2,1H3,(H,6,7). The molecule has 0 bridgehead atoms. The van der Waals surface area contributed by atoms with Crippen LogP contribution in [0.4, 0.5) is 0 Å². The smallest absolute Gasteiger partial charge is 0.235 e. The molecule has 1 amide bonds. The summed E-state index contributed by atoms with van der Waals surface area (Å²) >= 11 is 4.04. The van der Waals surface area contributed by atoms with Crippen LogP contribution in [-0.2, 0) is 4.79 Å². The van der Waals surface area contributed by atoms with Gasteiger partial charge in [0.1, 0.15) is 5.25 Å². The van der Waals surface area contributed by atoms with Gasteiger partial charge >= 0.3 is 0 Å². The van der Waals surface area contributed by atoms with Gasteiger partial charge in [-0.15, -0.1) is 0 Å². The third-order valence-electron chi connectivity index (χ3n) is 1.42. The van der Waals surface area contributed by atoms with Crippen molar-refractivity contribution >= 4 is 18.5 Å². The third-order valence-corrected chi connectivity index (χ3v) is 2.01. The topological polar surface area (TPSA) is 29.1 Å². The number of nitrogens with one attached hydrogen (secondary N) is 1. The molecule has 1 fully saturated rings. The summed E-state index contributed by atoms with van der Waals surface area (Å²) in [6.07, 6.45) is 0.986. The molecule has 3 heteroatoms. The summed E-state index contributed by atoms with van der Waals surface area (Å²) < 4.78 is 0. The summed E-state index contributed by atoms with van der Waals surface area (Å²) in [5.41, 5.74) is 0. The van der Waals surface area contributed by atoms with Gasteiger partial charge in [0.05, 0.1) is 0 Å². The van der Waals surface area contributed by atoms with E-state index in [1.807, 2.05) is 6.92 Å². The average molecular weight is 131 g/mol. The molecular formula is C5H9NOS.